The number of nitrogens with one attached hydrogen (secondary N) is 2. The Bertz CT molecular complexity index is 1540. The number of carbonyl (C=O) groups is 2. The summed E-state index contributed by atoms with van der Waals surface area (Å²) in [5.74, 6) is -1.18. The first kappa shape index (κ1) is 28.9. The second-order valence-corrected chi connectivity index (χ2v) is 11.5. The van der Waals surface area contributed by atoms with Gasteiger partial charge in [0.2, 0.25) is 10.0 Å². The van der Waals surface area contributed by atoms with E-state index in [2.05, 4.69) is 10.0 Å². The molecule has 0 radical (unpaired) electrons. The topological polar surface area (TPSA) is 171 Å². The number of hydrogen-bond donors (Lipinski definition) is 3. The highest BCUT2D eigenvalue weighted by molar-refractivity contribution is 7.92. The van der Waals surface area contributed by atoms with E-state index >= 15 is 0 Å². The van der Waals surface area contributed by atoms with Crippen LogP contribution >= 0.6 is 11.6 Å². The van der Waals surface area contributed by atoms with Crippen LogP contribution in [0.3, 0.4) is 0 Å². The number of nitrogens with two attached hydrogens (primary N) is 1. The molecule has 0 saturated heterocycles. The van der Waals surface area contributed by atoms with Crippen LogP contribution < -0.4 is 19.9 Å². The molecule has 0 spiro atoms. The predicted molar refractivity (Wildman–Crippen MR) is 141 cm³/mol. The molecule has 11 nitrogen and oxygen atoms in total. The molecular weight excluding hydrogens is 558 g/mol. The third-order valence-corrected chi connectivity index (χ3v) is 7.63. The van der Waals surface area contributed by atoms with Crippen LogP contribution in [0.5, 0.6) is 5.75 Å². The first-order chi connectivity index (χ1) is 17.8. The second-order valence-electron chi connectivity index (χ2n) is 7.81. The lowest BCUT2D eigenvalue weighted by molar-refractivity contribution is -0.123. The summed E-state index contributed by atoms with van der Waals surface area (Å²) < 4.78 is 61.3. The van der Waals surface area contributed by atoms with Gasteiger partial charge in [0.1, 0.15) is 5.75 Å². The number of benzene rings is 3. The van der Waals surface area contributed by atoms with Crippen molar-refractivity contribution < 1.29 is 35.9 Å². The maximum absolute atomic E-state index is 12.9. The Morgan fingerprint density at radius 3 is 2.08 bits per heavy atom. The van der Waals surface area contributed by atoms with E-state index in [-0.39, 0.29) is 31.8 Å². The fraction of sp³-hybridized carbons (Fsp3) is 0.167. The number of primary sulfonamides is 1. The van der Waals surface area contributed by atoms with Gasteiger partial charge in [0, 0.05) is 11.4 Å². The van der Waals surface area contributed by atoms with Gasteiger partial charge in [-0.3, -0.25) is 9.52 Å². The van der Waals surface area contributed by atoms with Gasteiger partial charge in [-0.25, -0.2) is 26.8 Å². The van der Waals surface area contributed by atoms with E-state index in [1.165, 1.54) is 55.5 Å². The normalized spacial score (nSPS) is 12.3. The van der Waals surface area contributed by atoms with Crippen molar-refractivity contribution in [3.8, 4) is 5.75 Å². The summed E-state index contributed by atoms with van der Waals surface area (Å²) in [5.41, 5.74) is 0.241. The highest BCUT2D eigenvalue weighted by atomic mass is 35.5. The van der Waals surface area contributed by atoms with Crippen LogP contribution in [0.2, 0.25) is 5.02 Å². The molecule has 0 aliphatic rings. The van der Waals surface area contributed by atoms with Crippen molar-refractivity contribution in [1.29, 1.82) is 0 Å². The molecule has 4 N–H and O–H groups in total. The van der Waals surface area contributed by atoms with E-state index in [4.69, 9.17) is 26.2 Å². The number of halogens is 1. The summed E-state index contributed by atoms with van der Waals surface area (Å²) in [6, 6.07) is 14.8. The van der Waals surface area contributed by atoms with Gasteiger partial charge in [0.05, 0.1) is 27.0 Å². The lowest BCUT2D eigenvalue weighted by Crippen LogP contribution is -2.30. The molecule has 202 valence electrons. The van der Waals surface area contributed by atoms with Gasteiger partial charge in [-0.15, -0.1) is 0 Å². The fourth-order valence-corrected chi connectivity index (χ4v) is 4.87. The molecule has 1 amide bonds. The number of sulfonamides is 2. The van der Waals surface area contributed by atoms with Crippen LogP contribution in [0.15, 0.2) is 76.5 Å². The number of esters is 1. The van der Waals surface area contributed by atoms with Gasteiger partial charge in [-0.1, -0.05) is 11.6 Å². The van der Waals surface area contributed by atoms with Crippen molar-refractivity contribution in [2.45, 2.75) is 29.7 Å². The second kappa shape index (κ2) is 11.8. The van der Waals surface area contributed by atoms with Gasteiger partial charge in [0.25, 0.3) is 15.9 Å². The third kappa shape index (κ3) is 7.44. The number of hydrogen-bond acceptors (Lipinski definition) is 8. The smallest absolute Gasteiger partial charge is 0.340 e. The molecular formula is C24H24ClN3O8S2. The third-order valence-electron chi connectivity index (χ3n) is 4.99. The van der Waals surface area contributed by atoms with E-state index in [9.17, 15) is 26.4 Å². The molecule has 0 aliphatic heterocycles. The summed E-state index contributed by atoms with van der Waals surface area (Å²) in [5, 5.41) is 7.43. The van der Waals surface area contributed by atoms with E-state index in [1.807, 2.05) is 6.92 Å². The number of rotatable bonds is 10. The molecule has 0 saturated carbocycles. The fourth-order valence-electron chi connectivity index (χ4n) is 3.08. The van der Waals surface area contributed by atoms with Crippen molar-refractivity contribution >= 4 is 54.9 Å². The predicted octanol–water partition coefficient (Wildman–Crippen LogP) is 3.37. The Hall–Kier alpha value is -3.65. The Morgan fingerprint density at radius 1 is 0.921 bits per heavy atom. The molecule has 3 aromatic rings. The van der Waals surface area contributed by atoms with Crippen LogP contribution in [0.25, 0.3) is 0 Å². The van der Waals surface area contributed by atoms with Crippen LogP contribution in [0.1, 0.15) is 24.2 Å². The first-order valence-electron chi connectivity index (χ1n) is 11.0. The standard InChI is InChI=1S/C24H24ClN3O8S2/c1-3-35-18-8-4-17(5-9-18)28-38(33,34)20-12-13-22(25)21(14-20)24(30)36-15(2)23(29)27-16-6-10-19(11-7-16)37(26,31)32/h4-15,28H,3H2,1-2H3,(H,27,29)(H2,26,31,32). The van der Waals surface area contributed by atoms with Crippen molar-refractivity contribution in [2.24, 2.45) is 5.14 Å². The maximum Gasteiger partial charge on any atom is 0.340 e. The largest absolute Gasteiger partial charge is 0.494 e. The zero-order valence-electron chi connectivity index (χ0n) is 20.2. The quantitative estimate of drug-likeness (QED) is 0.306. The van der Waals surface area contributed by atoms with Crippen molar-refractivity contribution in [1.82, 2.24) is 0 Å². The van der Waals surface area contributed by atoms with E-state index < -0.39 is 38.0 Å². The van der Waals surface area contributed by atoms with Gasteiger partial charge in [-0.05, 0) is 80.6 Å². The van der Waals surface area contributed by atoms with Gasteiger partial charge < -0.3 is 14.8 Å². The monoisotopic (exact) mass is 581 g/mol. The van der Waals surface area contributed by atoms with Crippen molar-refractivity contribution in [3.63, 3.8) is 0 Å². The Kier molecular flexibility index (Phi) is 8.99. The molecule has 0 aromatic heterocycles. The molecule has 14 heteroatoms. The molecule has 1 unspecified atom stereocenters. The summed E-state index contributed by atoms with van der Waals surface area (Å²) in [4.78, 5) is 24.8. The summed E-state index contributed by atoms with van der Waals surface area (Å²) in [6.07, 6.45) is -1.31. The average Bonchev–Trinajstić information content (AvgIpc) is 2.85. The summed E-state index contributed by atoms with van der Waals surface area (Å²) >= 11 is 6.10. The SMILES string of the molecule is CCOc1ccc(NS(=O)(=O)c2ccc(Cl)c(C(=O)OC(C)C(=O)Nc3ccc(S(N)(=O)=O)cc3)c2)cc1. The van der Waals surface area contributed by atoms with Crippen LogP contribution in [-0.2, 0) is 29.6 Å². The zero-order chi connectivity index (χ0) is 28.1. The van der Waals surface area contributed by atoms with Crippen LogP contribution in [0.4, 0.5) is 11.4 Å². The lowest BCUT2D eigenvalue weighted by Gasteiger charge is -2.15. The van der Waals surface area contributed by atoms with Crippen molar-refractivity contribution in [2.75, 3.05) is 16.6 Å². The number of amides is 1. The van der Waals surface area contributed by atoms with Gasteiger partial charge in [-0.2, -0.15) is 0 Å². The summed E-state index contributed by atoms with van der Waals surface area (Å²) in [7, 11) is -8.00. The van der Waals surface area contributed by atoms with Gasteiger partial charge in [0.15, 0.2) is 6.10 Å². The van der Waals surface area contributed by atoms with E-state index in [0.717, 1.165) is 6.07 Å². The zero-order valence-corrected chi connectivity index (χ0v) is 22.6. The van der Waals surface area contributed by atoms with E-state index in [1.54, 1.807) is 12.1 Å². The molecule has 0 fully saturated rings. The molecule has 38 heavy (non-hydrogen) atoms. The maximum atomic E-state index is 12.9. The highest BCUT2D eigenvalue weighted by Crippen LogP contribution is 2.25. The number of anilines is 2. The van der Waals surface area contributed by atoms with Crippen molar-refractivity contribution in [3.05, 3.63) is 77.3 Å². The minimum atomic E-state index is -4.10. The molecule has 3 rings (SSSR count). The van der Waals surface area contributed by atoms with Crippen LogP contribution in [-0.4, -0.2) is 41.4 Å². The lowest BCUT2D eigenvalue weighted by atomic mass is 10.2. The number of carbonyl (C=O) groups excluding carboxylic acids is 2. The van der Waals surface area contributed by atoms with Gasteiger partial charge >= 0.3 is 5.97 Å². The Labute approximate surface area is 225 Å². The Balaban J connectivity index is 1.70. The molecule has 0 heterocycles. The molecule has 0 bridgehead atoms. The molecule has 0 aliphatic carbocycles. The highest BCUT2D eigenvalue weighted by Gasteiger charge is 2.24. The number of ether oxygens (including phenoxy) is 2. The minimum Gasteiger partial charge on any atom is -0.494 e. The summed E-state index contributed by atoms with van der Waals surface area (Å²) in [6.45, 7) is 3.58. The average molecular weight is 582 g/mol. The molecule has 1 atom stereocenters. The van der Waals surface area contributed by atoms with E-state index in [0.29, 0.717) is 12.4 Å². The Morgan fingerprint density at radius 2 is 1.50 bits per heavy atom. The van der Waals surface area contributed by atoms with Crippen LogP contribution in [0, 0.1) is 0 Å². The first-order valence-corrected chi connectivity index (χ1v) is 14.4. The minimum absolute atomic E-state index is 0.0822. The molecule has 3 aromatic carbocycles.